The number of benzene rings is 4. The van der Waals surface area contributed by atoms with Crippen molar-refractivity contribution in [1.82, 2.24) is 5.32 Å². The molecule has 4 aromatic carbocycles. The number of rotatable bonds is 11. The molecule has 0 heterocycles. The Labute approximate surface area is 255 Å². The first-order valence-electron chi connectivity index (χ1n) is 14.5. The van der Waals surface area contributed by atoms with Gasteiger partial charge in [0.05, 0.1) is 30.9 Å². The topological polar surface area (TPSA) is 123 Å². The van der Waals surface area contributed by atoms with E-state index in [1.54, 1.807) is 61.7 Å². The maximum Gasteiger partial charge on any atom is 0.337 e. The van der Waals surface area contributed by atoms with Gasteiger partial charge < -0.3 is 30.0 Å². The molecule has 5 rings (SSSR count). The standard InChI is InChI=1S/C35H34N2O7/c1-42-32-22-28(43-26-17-13-25(14-18-26)36-34(39)24-7-3-2-4-8-24)19-20-31(32)44-27-15-11-23(12-16-27)21-33(38)37-30-10-6-5-9-29(30)35(40)41/h2-12,15-16,19-20,22,25-26H,13-14,17-18,21H2,1H3,(H,36,39)(H,37,38)(H,40,41). The number of ether oxygens (including phenoxy) is 3. The number of anilines is 1. The van der Waals surface area contributed by atoms with Crippen molar-refractivity contribution in [3.63, 3.8) is 0 Å². The van der Waals surface area contributed by atoms with Gasteiger partial charge in [-0.05, 0) is 79.8 Å². The molecule has 1 fully saturated rings. The molecular formula is C35H34N2O7. The van der Waals surface area contributed by atoms with Gasteiger partial charge in [-0.25, -0.2) is 4.79 Å². The number of carbonyl (C=O) groups excluding carboxylic acids is 2. The van der Waals surface area contributed by atoms with E-state index >= 15 is 0 Å². The van der Waals surface area contributed by atoms with Crippen molar-refractivity contribution in [2.45, 2.75) is 44.2 Å². The fraction of sp³-hybridized carbons (Fsp3) is 0.229. The molecule has 1 aliphatic rings. The van der Waals surface area contributed by atoms with Crippen LogP contribution in [0.2, 0.25) is 0 Å². The quantitative estimate of drug-likeness (QED) is 0.181. The van der Waals surface area contributed by atoms with E-state index in [0.29, 0.717) is 28.6 Å². The lowest BCUT2D eigenvalue weighted by Gasteiger charge is -2.29. The Morgan fingerprint density at radius 2 is 1.48 bits per heavy atom. The van der Waals surface area contributed by atoms with Gasteiger partial charge in [0.25, 0.3) is 5.91 Å². The molecule has 1 aliphatic carbocycles. The molecule has 0 unspecified atom stereocenters. The molecule has 9 nitrogen and oxygen atoms in total. The molecule has 0 atom stereocenters. The number of aromatic carboxylic acids is 1. The fourth-order valence-corrected chi connectivity index (χ4v) is 5.14. The predicted octanol–water partition coefficient (Wildman–Crippen LogP) is 6.49. The number of hydrogen-bond donors (Lipinski definition) is 3. The highest BCUT2D eigenvalue weighted by Crippen LogP contribution is 2.36. The molecule has 3 N–H and O–H groups in total. The largest absolute Gasteiger partial charge is 0.493 e. The molecule has 1 saturated carbocycles. The Balaban J connectivity index is 1.12. The highest BCUT2D eigenvalue weighted by atomic mass is 16.5. The Morgan fingerprint density at radius 1 is 0.795 bits per heavy atom. The molecule has 44 heavy (non-hydrogen) atoms. The normalized spacial score (nSPS) is 15.9. The Kier molecular flexibility index (Phi) is 9.76. The minimum atomic E-state index is -1.11. The summed E-state index contributed by atoms with van der Waals surface area (Å²) in [5.41, 5.74) is 1.70. The van der Waals surface area contributed by atoms with Gasteiger partial charge in [-0.3, -0.25) is 9.59 Å². The zero-order valence-corrected chi connectivity index (χ0v) is 24.3. The van der Waals surface area contributed by atoms with Gasteiger partial charge in [-0.2, -0.15) is 0 Å². The van der Waals surface area contributed by atoms with Crippen LogP contribution < -0.4 is 24.8 Å². The van der Waals surface area contributed by atoms with Crippen molar-refractivity contribution in [2.24, 2.45) is 0 Å². The van der Waals surface area contributed by atoms with Crippen molar-refractivity contribution >= 4 is 23.5 Å². The van der Waals surface area contributed by atoms with Gasteiger partial charge in [0.1, 0.15) is 11.5 Å². The Hall–Kier alpha value is -5.31. The van der Waals surface area contributed by atoms with E-state index in [9.17, 15) is 19.5 Å². The Morgan fingerprint density at radius 3 is 2.18 bits per heavy atom. The second kappa shape index (κ2) is 14.2. The van der Waals surface area contributed by atoms with E-state index in [2.05, 4.69) is 10.6 Å². The number of hydrogen-bond acceptors (Lipinski definition) is 6. The number of amides is 2. The zero-order valence-electron chi connectivity index (χ0n) is 24.3. The monoisotopic (exact) mass is 594 g/mol. The lowest BCUT2D eigenvalue weighted by molar-refractivity contribution is -0.115. The molecule has 0 aromatic heterocycles. The summed E-state index contributed by atoms with van der Waals surface area (Å²) in [4.78, 5) is 36.4. The highest BCUT2D eigenvalue weighted by molar-refractivity contribution is 6.01. The van der Waals surface area contributed by atoms with Crippen LogP contribution in [0.25, 0.3) is 0 Å². The number of carboxylic acid groups (broad SMARTS) is 1. The molecule has 0 spiro atoms. The van der Waals surface area contributed by atoms with E-state index in [1.807, 2.05) is 36.4 Å². The van der Waals surface area contributed by atoms with Gasteiger partial charge in [0.2, 0.25) is 5.91 Å². The average Bonchev–Trinajstić information content (AvgIpc) is 3.04. The minimum Gasteiger partial charge on any atom is -0.493 e. The summed E-state index contributed by atoms with van der Waals surface area (Å²) in [5.74, 6) is 0.801. The number of carboxylic acids is 1. The van der Waals surface area contributed by atoms with Crippen LogP contribution in [-0.2, 0) is 11.2 Å². The summed E-state index contributed by atoms with van der Waals surface area (Å²) < 4.78 is 17.8. The van der Waals surface area contributed by atoms with Crippen LogP contribution in [0.3, 0.4) is 0 Å². The van der Waals surface area contributed by atoms with Crippen molar-refractivity contribution in [1.29, 1.82) is 0 Å². The van der Waals surface area contributed by atoms with Gasteiger partial charge in [-0.1, -0.05) is 42.5 Å². The molecule has 4 aromatic rings. The summed E-state index contributed by atoms with van der Waals surface area (Å²) in [6.07, 6.45) is 3.46. The SMILES string of the molecule is COc1cc(OC2CCC(NC(=O)c3ccccc3)CC2)ccc1Oc1ccc(CC(=O)Nc2ccccc2C(=O)O)cc1. The second-order valence-electron chi connectivity index (χ2n) is 10.6. The molecule has 0 saturated heterocycles. The van der Waals surface area contributed by atoms with Gasteiger partial charge >= 0.3 is 5.97 Å². The third kappa shape index (κ3) is 7.95. The first-order valence-corrected chi connectivity index (χ1v) is 14.5. The number of carbonyl (C=O) groups is 3. The van der Waals surface area contributed by atoms with Gasteiger partial charge in [0.15, 0.2) is 11.5 Å². The number of methoxy groups -OCH3 is 1. The Bertz CT molecular complexity index is 1600. The molecule has 226 valence electrons. The fourth-order valence-electron chi connectivity index (χ4n) is 5.14. The van der Waals surface area contributed by atoms with Crippen LogP contribution >= 0.6 is 0 Å². The maximum atomic E-state index is 12.5. The van der Waals surface area contributed by atoms with Crippen LogP contribution in [0.1, 0.15) is 52.0 Å². The van der Waals surface area contributed by atoms with Crippen molar-refractivity contribution < 1.29 is 33.7 Å². The predicted molar refractivity (Wildman–Crippen MR) is 166 cm³/mol. The number of para-hydroxylation sites is 1. The summed E-state index contributed by atoms with van der Waals surface area (Å²) in [6, 6.07) is 28.1. The van der Waals surface area contributed by atoms with Crippen LogP contribution in [0.15, 0.2) is 97.1 Å². The van der Waals surface area contributed by atoms with Crippen LogP contribution in [0.5, 0.6) is 23.0 Å². The van der Waals surface area contributed by atoms with E-state index in [-0.39, 0.29) is 41.6 Å². The smallest absolute Gasteiger partial charge is 0.337 e. The van der Waals surface area contributed by atoms with Crippen molar-refractivity contribution in [3.05, 3.63) is 114 Å². The number of nitrogens with one attached hydrogen (secondary N) is 2. The summed E-state index contributed by atoms with van der Waals surface area (Å²) in [6.45, 7) is 0. The zero-order chi connectivity index (χ0) is 30.9. The molecule has 0 radical (unpaired) electrons. The first kappa shape index (κ1) is 30.2. The summed E-state index contributed by atoms with van der Waals surface area (Å²) in [5, 5.41) is 15.1. The van der Waals surface area contributed by atoms with Gasteiger partial charge in [0, 0.05) is 17.7 Å². The lowest BCUT2D eigenvalue weighted by atomic mass is 9.92. The van der Waals surface area contributed by atoms with Crippen LogP contribution in [0, 0.1) is 0 Å². The average molecular weight is 595 g/mol. The van der Waals surface area contributed by atoms with E-state index in [0.717, 1.165) is 31.2 Å². The third-order valence-electron chi connectivity index (χ3n) is 7.43. The van der Waals surface area contributed by atoms with E-state index in [4.69, 9.17) is 14.2 Å². The summed E-state index contributed by atoms with van der Waals surface area (Å²) >= 11 is 0. The van der Waals surface area contributed by atoms with Crippen LogP contribution in [-0.4, -0.2) is 42.1 Å². The molecule has 0 bridgehead atoms. The second-order valence-corrected chi connectivity index (χ2v) is 10.6. The van der Waals surface area contributed by atoms with E-state index < -0.39 is 5.97 Å². The van der Waals surface area contributed by atoms with Gasteiger partial charge in [-0.15, -0.1) is 0 Å². The molecule has 2 amide bonds. The molecule has 9 heteroatoms. The third-order valence-corrected chi connectivity index (χ3v) is 7.43. The van der Waals surface area contributed by atoms with Crippen molar-refractivity contribution in [3.8, 4) is 23.0 Å². The highest BCUT2D eigenvalue weighted by Gasteiger charge is 2.24. The van der Waals surface area contributed by atoms with Crippen LogP contribution in [0.4, 0.5) is 5.69 Å². The molecule has 0 aliphatic heterocycles. The van der Waals surface area contributed by atoms with E-state index in [1.165, 1.54) is 6.07 Å². The van der Waals surface area contributed by atoms with Crippen molar-refractivity contribution in [2.75, 3.05) is 12.4 Å². The lowest BCUT2D eigenvalue weighted by Crippen LogP contribution is -2.39. The minimum absolute atomic E-state index is 0.0341. The first-order chi connectivity index (χ1) is 21.4. The summed E-state index contributed by atoms with van der Waals surface area (Å²) in [7, 11) is 1.57. The molecular weight excluding hydrogens is 560 g/mol. The maximum absolute atomic E-state index is 12.5.